The number of aromatic nitrogens is 6. The summed E-state index contributed by atoms with van der Waals surface area (Å²) in [5.74, 6) is -0.280. The zero-order chi connectivity index (χ0) is 20.4. The molecule has 1 aromatic carbocycles. The van der Waals surface area contributed by atoms with Crippen LogP contribution in [0.3, 0.4) is 0 Å². The lowest BCUT2D eigenvalue weighted by atomic mass is 10.2. The summed E-state index contributed by atoms with van der Waals surface area (Å²) in [6.45, 7) is 4.81. The number of carbonyl (C=O) groups is 1. The minimum atomic E-state index is -0.280. The quantitative estimate of drug-likeness (QED) is 0.529. The van der Waals surface area contributed by atoms with Crippen LogP contribution in [0.25, 0.3) is 0 Å². The Morgan fingerprint density at radius 2 is 1.97 bits per heavy atom. The van der Waals surface area contributed by atoms with Crippen LogP contribution < -0.4 is 5.32 Å². The number of hydrogen-bond acceptors (Lipinski definition) is 4. The lowest BCUT2D eigenvalue weighted by Crippen LogP contribution is -2.16. The van der Waals surface area contributed by atoms with Crippen LogP contribution in [0.1, 0.15) is 27.4 Å². The van der Waals surface area contributed by atoms with Gasteiger partial charge >= 0.3 is 0 Å². The van der Waals surface area contributed by atoms with E-state index in [1.165, 1.54) is 0 Å². The molecule has 8 nitrogen and oxygen atoms in total. The second-order valence-electron chi connectivity index (χ2n) is 6.71. The van der Waals surface area contributed by atoms with E-state index in [0.717, 1.165) is 17.0 Å². The van der Waals surface area contributed by atoms with Crippen LogP contribution in [-0.4, -0.2) is 35.2 Å². The van der Waals surface area contributed by atoms with Crippen molar-refractivity contribution in [2.75, 3.05) is 5.32 Å². The molecule has 0 saturated heterocycles. The van der Waals surface area contributed by atoms with Crippen molar-refractivity contribution in [1.82, 2.24) is 29.3 Å². The van der Waals surface area contributed by atoms with Crippen LogP contribution in [0.15, 0.2) is 55.0 Å². The van der Waals surface area contributed by atoms with Crippen molar-refractivity contribution >= 4 is 23.2 Å². The van der Waals surface area contributed by atoms with Gasteiger partial charge in [-0.05, 0) is 43.7 Å². The number of halogens is 1. The van der Waals surface area contributed by atoms with E-state index in [1.807, 2.05) is 55.1 Å². The Hall–Kier alpha value is -3.39. The molecule has 9 heteroatoms. The molecule has 3 heterocycles. The lowest BCUT2D eigenvalue weighted by molar-refractivity contribution is 0.102. The molecule has 0 aliphatic carbocycles. The molecule has 29 heavy (non-hydrogen) atoms. The normalized spacial score (nSPS) is 11.0. The SMILES string of the molecule is Cc1nn(Cc2cccc(Cl)c2)c(C)c1NC(=O)c1ccn(Cn2cccn2)n1. The van der Waals surface area contributed by atoms with Crippen molar-refractivity contribution < 1.29 is 4.79 Å². The topological polar surface area (TPSA) is 82.6 Å². The molecule has 4 rings (SSSR count). The van der Waals surface area contributed by atoms with Gasteiger partial charge in [-0.25, -0.2) is 0 Å². The molecule has 0 bridgehead atoms. The maximum absolute atomic E-state index is 12.7. The third-order valence-corrected chi connectivity index (χ3v) is 4.80. The summed E-state index contributed by atoms with van der Waals surface area (Å²) in [5, 5.41) is 16.6. The van der Waals surface area contributed by atoms with Crippen molar-refractivity contribution in [3.8, 4) is 0 Å². The van der Waals surface area contributed by atoms with Gasteiger partial charge in [0.1, 0.15) is 6.67 Å². The largest absolute Gasteiger partial charge is 0.317 e. The van der Waals surface area contributed by atoms with Gasteiger partial charge < -0.3 is 5.32 Å². The molecular weight excluding hydrogens is 390 g/mol. The van der Waals surface area contributed by atoms with Crippen LogP contribution in [-0.2, 0) is 13.2 Å². The zero-order valence-corrected chi connectivity index (χ0v) is 16.8. The van der Waals surface area contributed by atoms with Crippen molar-refractivity contribution in [1.29, 1.82) is 0 Å². The maximum atomic E-state index is 12.7. The molecule has 0 saturated carbocycles. The number of amides is 1. The molecule has 0 spiro atoms. The number of aryl methyl sites for hydroxylation is 1. The molecule has 148 valence electrons. The zero-order valence-electron chi connectivity index (χ0n) is 16.1. The van der Waals surface area contributed by atoms with Crippen LogP contribution in [0.2, 0.25) is 5.02 Å². The fraction of sp³-hybridized carbons (Fsp3) is 0.200. The molecule has 1 N–H and O–H groups in total. The van der Waals surface area contributed by atoms with Gasteiger partial charge in [0.15, 0.2) is 5.69 Å². The van der Waals surface area contributed by atoms with Gasteiger partial charge in [0.05, 0.1) is 23.6 Å². The Morgan fingerprint density at radius 3 is 2.72 bits per heavy atom. The second-order valence-corrected chi connectivity index (χ2v) is 7.15. The first-order chi connectivity index (χ1) is 14.0. The highest BCUT2D eigenvalue weighted by atomic mass is 35.5. The summed E-state index contributed by atoms with van der Waals surface area (Å²) < 4.78 is 5.24. The van der Waals surface area contributed by atoms with Crippen LogP contribution >= 0.6 is 11.6 Å². The summed E-state index contributed by atoms with van der Waals surface area (Å²) in [4.78, 5) is 12.7. The minimum absolute atomic E-state index is 0.280. The van der Waals surface area contributed by atoms with E-state index in [1.54, 1.807) is 27.8 Å². The molecule has 0 fully saturated rings. The molecule has 0 aliphatic rings. The van der Waals surface area contributed by atoms with Crippen LogP contribution in [0.4, 0.5) is 5.69 Å². The van der Waals surface area contributed by atoms with Gasteiger partial charge in [0.25, 0.3) is 5.91 Å². The number of carbonyl (C=O) groups excluding carboxylic acids is 1. The van der Waals surface area contributed by atoms with Crippen LogP contribution in [0, 0.1) is 13.8 Å². The smallest absolute Gasteiger partial charge is 0.276 e. The van der Waals surface area contributed by atoms with Gasteiger partial charge in [-0.3, -0.25) is 18.8 Å². The van der Waals surface area contributed by atoms with E-state index in [-0.39, 0.29) is 5.91 Å². The van der Waals surface area contributed by atoms with E-state index >= 15 is 0 Å². The van der Waals surface area contributed by atoms with E-state index in [4.69, 9.17) is 11.6 Å². The van der Waals surface area contributed by atoms with Crippen molar-refractivity contribution in [2.45, 2.75) is 27.1 Å². The van der Waals surface area contributed by atoms with E-state index < -0.39 is 0 Å². The van der Waals surface area contributed by atoms with Gasteiger partial charge in [0.2, 0.25) is 0 Å². The van der Waals surface area contributed by atoms with Gasteiger partial charge in [-0.1, -0.05) is 23.7 Å². The average molecular weight is 410 g/mol. The highest BCUT2D eigenvalue weighted by Crippen LogP contribution is 2.22. The molecule has 0 unspecified atom stereocenters. The Morgan fingerprint density at radius 1 is 1.10 bits per heavy atom. The average Bonchev–Trinajstić information content (AvgIpc) is 3.41. The fourth-order valence-corrected chi connectivity index (χ4v) is 3.32. The first-order valence-electron chi connectivity index (χ1n) is 9.10. The number of nitrogens with one attached hydrogen (secondary N) is 1. The molecule has 4 aromatic rings. The van der Waals surface area contributed by atoms with Gasteiger partial charge in [0, 0.05) is 23.6 Å². The Labute approximate surface area is 172 Å². The van der Waals surface area contributed by atoms with Crippen molar-refractivity contribution in [2.24, 2.45) is 0 Å². The van der Waals surface area contributed by atoms with E-state index in [2.05, 4.69) is 20.6 Å². The summed E-state index contributed by atoms with van der Waals surface area (Å²) in [7, 11) is 0. The predicted octanol–water partition coefficient (Wildman–Crippen LogP) is 3.35. The highest BCUT2D eigenvalue weighted by molar-refractivity contribution is 6.30. The number of hydrogen-bond donors (Lipinski definition) is 1. The number of anilines is 1. The third kappa shape index (κ3) is 4.22. The Balaban J connectivity index is 1.48. The Kier molecular flexibility index (Phi) is 5.18. The first-order valence-corrected chi connectivity index (χ1v) is 9.48. The maximum Gasteiger partial charge on any atom is 0.276 e. The molecule has 1 amide bonds. The van der Waals surface area contributed by atoms with Crippen molar-refractivity contribution in [3.05, 3.63) is 82.7 Å². The molecule has 3 aromatic heterocycles. The Bertz CT molecular complexity index is 1140. The number of benzene rings is 1. The number of rotatable bonds is 6. The van der Waals surface area contributed by atoms with Crippen LogP contribution in [0.5, 0.6) is 0 Å². The third-order valence-electron chi connectivity index (χ3n) is 4.56. The molecule has 0 atom stereocenters. The van der Waals surface area contributed by atoms with Gasteiger partial charge in [-0.2, -0.15) is 15.3 Å². The molecule has 0 aliphatic heterocycles. The summed E-state index contributed by atoms with van der Waals surface area (Å²) in [5.41, 5.74) is 3.68. The fourth-order valence-electron chi connectivity index (χ4n) is 3.11. The van der Waals surface area contributed by atoms with E-state index in [9.17, 15) is 4.79 Å². The van der Waals surface area contributed by atoms with E-state index in [0.29, 0.717) is 29.6 Å². The van der Waals surface area contributed by atoms with Crippen molar-refractivity contribution in [3.63, 3.8) is 0 Å². The summed E-state index contributed by atoms with van der Waals surface area (Å²) in [6.07, 6.45) is 5.28. The standard InChI is InChI=1S/C20H20ClN7O/c1-14-19(15(2)28(24-14)12-16-5-3-6-17(21)11-16)23-20(29)18-7-10-27(25-18)13-26-9-4-8-22-26/h3-11H,12-13H2,1-2H3,(H,23,29). The number of nitrogens with zero attached hydrogens (tertiary/aromatic N) is 6. The summed E-state index contributed by atoms with van der Waals surface area (Å²) in [6, 6.07) is 11.2. The highest BCUT2D eigenvalue weighted by Gasteiger charge is 2.17. The predicted molar refractivity (Wildman–Crippen MR) is 110 cm³/mol. The molecular formula is C20H20ClN7O. The summed E-state index contributed by atoms with van der Waals surface area (Å²) >= 11 is 6.07. The van der Waals surface area contributed by atoms with Gasteiger partial charge in [-0.15, -0.1) is 0 Å². The molecule has 0 radical (unpaired) electrons. The minimum Gasteiger partial charge on any atom is -0.317 e. The lowest BCUT2D eigenvalue weighted by Gasteiger charge is -2.07. The second kappa shape index (κ2) is 7.92. The monoisotopic (exact) mass is 409 g/mol. The first kappa shape index (κ1) is 18.9.